The maximum atomic E-state index is 10.7. The molecule has 0 atom stereocenters. The van der Waals surface area contributed by atoms with E-state index in [2.05, 4.69) is 24.9 Å². The van der Waals surface area contributed by atoms with Crippen LogP contribution in [-0.4, -0.2) is 20.6 Å². The van der Waals surface area contributed by atoms with Gasteiger partial charge in [0.2, 0.25) is 0 Å². The first-order valence-corrected chi connectivity index (χ1v) is 5.82. The Kier molecular flexibility index (Phi) is 3.19. The molecular formula is C14H16N2O2. The molecule has 0 saturated heterocycles. The summed E-state index contributed by atoms with van der Waals surface area (Å²) in [5.41, 5.74) is 4.03. The standard InChI is InChI=1S/C14H16N2O2/c1-9-5-4-6-13(10(9)2)16-8-12(7-14(17)18)15-11(16)3/h4-6,8H,7H2,1-3H3,(H,17,18). The summed E-state index contributed by atoms with van der Waals surface area (Å²) in [6, 6.07) is 6.07. The van der Waals surface area contributed by atoms with E-state index in [0.717, 1.165) is 11.5 Å². The second-order valence-electron chi connectivity index (χ2n) is 4.44. The Labute approximate surface area is 106 Å². The fourth-order valence-corrected chi connectivity index (χ4v) is 2.01. The van der Waals surface area contributed by atoms with Crippen molar-refractivity contribution in [2.45, 2.75) is 27.2 Å². The van der Waals surface area contributed by atoms with Gasteiger partial charge in [-0.3, -0.25) is 4.79 Å². The van der Waals surface area contributed by atoms with Gasteiger partial charge in [0.25, 0.3) is 0 Å². The third kappa shape index (κ3) is 2.27. The molecule has 1 aromatic carbocycles. The number of carboxylic acid groups (broad SMARTS) is 1. The first kappa shape index (κ1) is 12.4. The van der Waals surface area contributed by atoms with Crippen molar-refractivity contribution >= 4 is 5.97 Å². The van der Waals surface area contributed by atoms with Crippen LogP contribution >= 0.6 is 0 Å². The van der Waals surface area contributed by atoms with E-state index in [4.69, 9.17) is 5.11 Å². The number of hydrogen-bond acceptors (Lipinski definition) is 2. The zero-order valence-electron chi connectivity index (χ0n) is 10.8. The first-order chi connectivity index (χ1) is 8.49. The number of rotatable bonds is 3. The van der Waals surface area contributed by atoms with Gasteiger partial charge in [0, 0.05) is 11.9 Å². The van der Waals surface area contributed by atoms with Gasteiger partial charge >= 0.3 is 5.97 Å². The molecule has 0 aliphatic rings. The van der Waals surface area contributed by atoms with Crippen molar-refractivity contribution in [2.24, 2.45) is 0 Å². The number of hydrogen-bond donors (Lipinski definition) is 1. The van der Waals surface area contributed by atoms with Crippen molar-refractivity contribution < 1.29 is 9.90 Å². The Bertz CT molecular complexity index is 600. The predicted molar refractivity (Wildman–Crippen MR) is 69.1 cm³/mol. The van der Waals surface area contributed by atoms with E-state index in [1.807, 2.05) is 23.6 Å². The summed E-state index contributed by atoms with van der Waals surface area (Å²) < 4.78 is 1.95. The minimum atomic E-state index is -0.861. The highest BCUT2D eigenvalue weighted by Gasteiger charge is 2.11. The van der Waals surface area contributed by atoms with Gasteiger partial charge in [-0.05, 0) is 38.0 Å². The van der Waals surface area contributed by atoms with Gasteiger partial charge in [0.15, 0.2) is 0 Å². The molecule has 0 fully saturated rings. The topological polar surface area (TPSA) is 55.1 Å². The molecule has 1 N–H and O–H groups in total. The fourth-order valence-electron chi connectivity index (χ4n) is 2.01. The molecular weight excluding hydrogens is 228 g/mol. The Morgan fingerprint density at radius 3 is 2.72 bits per heavy atom. The minimum absolute atomic E-state index is 0.0430. The van der Waals surface area contributed by atoms with Crippen LogP contribution in [0.4, 0.5) is 0 Å². The van der Waals surface area contributed by atoms with E-state index in [-0.39, 0.29) is 6.42 Å². The van der Waals surface area contributed by atoms with Crippen LogP contribution in [0.1, 0.15) is 22.6 Å². The molecule has 1 aromatic heterocycles. The molecule has 4 nitrogen and oxygen atoms in total. The monoisotopic (exact) mass is 244 g/mol. The van der Waals surface area contributed by atoms with Crippen molar-refractivity contribution in [1.82, 2.24) is 9.55 Å². The van der Waals surface area contributed by atoms with E-state index in [1.54, 1.807) is 6.20 Å². The van der Waals surface area contributed by atoms with Crippen molar-refractivity contribution in [3.8, 4) is 5.69 Å². The first-order valence-electron chi connectivity index (χ1n) is 5.82. The number of imidazole rings is 1. The summed E-state index contributed by atoms with van der Waals surface area (Å²) in [5, 5.41) is 8.79. The van der Waals surface area contributed by atoms with Crippen molar-refractivity contribution in [3.05, 3.63) is 47.0 Å². The lowest BCUT2D eigenvalue weighted by molar-refractivity contribution is -0.136. The molecule has 0 unspecified atom stereocenters. The summed E-state index contributed by atoms with van der Waals surface area (Å²) in [6.45, 7) is 6.00. The molecule has 4 heteroatoms. The molecule has 0 aliphatic carbocycles. The molecule has 0 radical (unpaired) electrons. The molecule has 94 valence electrons. The fraction of sp³-hybridized carbons (Fsp3) is 0.286. The third-order valence-electron chi connectivity index (χ3n) is 3.10. The number of nitrogens with zero attached hydrogens (tertiary/aromatic N) is 2. The van der Waals surface area contributed by atoms with E-state index in [0.29, 0.717) is 5.69 Å². The minimum Gasteiger partial charge on any atom is -0.481 e. The lowest BCUT2D eigenvalue weighted by atomic mass is 10.1. The van der Waals surface area contributed by atoms with Gasteiger partial charge in [-0.2, -0.15) is 0 Å². The third-order valence-corrected chi connectivity index (χ3v) is 3.10. The number of carbonyl (C=O) groups is 1. The zero-order valence-corrected chi connectivity index (χ0v) is 10.8. The number of aliphatic carboxylic acids is 1. The Balaban J connectivity index is 2.48. The molecule has 0 saturated carbocycles. The summed E-state index contributed by atoms with van der Waals surface area (Å²) >= 11 is 0. The van der Waals surface area contributed by atoms with E-state index in [1.165, 1.54) is 11.1 Å². The van der Waals surface area contributed by atoms with Crippen LogP contribution in [0.25, 0.3) is 5.69 Å². The van der Waals surface area contributed by atoms with E-state index < -0.39 is 5.97 Å². The average molecular weight is 244 g/mol. The lowest BCUT2D eigenvalue weighted by Crippen LogP contribution is -2.00. The number of aromatic nitrogens is 2. The van der Waals surface area contributed by atoms with E-state index in [9.17, 15) is 4.79 Å². The SMILES string of the molecule is Cc1cccc(-n2cc(CC(=O)O)nc2C)c1C. The van der Waals surface area contributed by atoms with Crippen LogP contribution in [0.3, 0.4) is 0 Å². The molecule has 0 bridgehead atoms. The van der Waals surface area contributed by atoms with Crippen LogP contribution < -0.4 is 0 Å². The highest BCUT2D eigenvalue weighted by atomic mass is 16.4. The molecule has 18 heavy (non-hydrogen) atoms. The largest absolute Gasteiger partial charge is 0.481 e. The van der Waals surface area contributed by atoms with Gasteiger partial charge in [-0.25, -0.2) is 4.98 Å². The van der Waals surface area contributed by atoms with Crippen LogP contribution in [0.2, 0.25) is 0 Å². The molecule has 0 amide bonds. The Hall–Kier alpha value is -2.10. The number of aryl methyl sites for hydroxylation is 2. The Morgan fingerprint density at radius 1 is 1.33 bits per heavy atom. The molecule has 2 rings (SSSR count). The average Bonchev–Trinajstić information content (AvgIpc) is 2.62. The maximum absolute atomic E-state index is 10.7. The second kappa shape index (κ2) is 4.64. The lowest BCUT2D eigenvalue weighted by Gasteiger charge is -2.10. The smallest absolute Gasteiger partial charge is 0.309 e. The summed E-state index contributed by atoms with van der Waals surface area (Å²) in [5.74, 6) is -0.0550. The van der Waals surface area contributed by atoms with Crippen molar-refractivity contribution in [3.63, 3.8) is 0 Å². The van der Waals surface area contributed by atoms with Gasteiger partial charge < -0.3 is 9.67 Å². The van der Waals surface area contributed by atoms with Gasteiger partial charge in [-0.15, -0.1) is 0 Å². The van der Waals surface area contributed by atoms with Crippen molar-refractivity contribution in [2.75, 3.05) is 0 Å². The highest BCUT2D eigenvalue weighted by Crippen LogP contribution is 2.19. The van der Waals surface area contributed by atoms with Crippen LogP contribution in [0, 0.1) is 20.8 Å². The Morgan fingerprint density at radius 2 is 2.06 bits per heavy atom. The molecule has 0 aliphatic heterocycles. The van der Waals surface area contributed by atoms with Crippen molar-refractivity contribution in [1.29, 1.82) is 0 Å². The number of benzene rings is 1. The second-order valence-corrected chi connectivity index (χ2v) is 4.44. The molecule has 2 aromatic rings. The highest BCUT2D eigenvalue weighted by molar-refractivity contribution is 5.69. The molecule has 1 heterocycles. The maximum Gasteiger partial charge on any atom is 0.309 e. The quantitative estimate of drug-likeness (QED) is 0.902. The van der Waals surface area contributed by atoms with Crippen LogP contribution in [0.15, 0.2) is 24.4 Å². The normalized spacial score (nSPS) is 10.6. The molecule has 0 spiro atoms. The summed E-state index contributed by atoms with van der Waals surface area (Å²) in [6.07, 6.45) is 1.75. The predicted octanol–water partition coefficient (Wildman–Crippen LogP) is 2.42. The van der Waals surface area contributed by atoms with Crippen LogP contribution in [-0.2, 0) is 11.2 Å². The van der Waals surface area contributed by atoms with Gasteiger partial charge in [0.05, 0.1) is 12.1 Å². The number of carboxylic acids is 1. The summed E-state index contributed by atoms with van der Waals surface area (Å²) in [7, 11) is 0. The van der Waals surface area contributed by atoms with Crippen LogP contribution in [0.5, 0.6) is 0 Å². The van der Waals surface area contributed by atoms with Gasteiger partial charge in [0.1, 0.15) is 5.82 Å². The zero-order chi connectivity index (χ0) is 13.3. The van der Waals surface area contributed by atoms with Gasteiger partial charge in [-0.1, -0.05) is 12.1 Å². The van der Waals surface area contributed by atoms with E-state index >= 15 is 0 Å². The summed E-state index contributed by atoms with van der Waals surface area (Å²) in [4.78, 5) is 15.0.